The molecule has 5 unspecified atom stereocenters. The fourth-order valence-electron chi connectivity index (χ4n) is 4.61. The van der Waals surface area contributed by atoms with Crippen LogP contribution in [0.5, 0.6) is 0 Å². The molecule has 3 saturated carbocycles. The molecule has 0 amide bonds. The van der Waals surface area contributed by atoms with Gasteiger partial charge in [-0.05, 0) is 48.9 Å². The number of hydrogen-bond donors (Lipinski definition) is 1. The van der Waals surface area contributed by atoms with Crippen LogP contribution in [0.2, 0.25) is 0 Å². The number of H-pyrrole nitrogens is 1. The minimum atomic E-state index is 0.310. The van der Waals surface area contributed by atoms with Crippen LogP contribution in [0.3, 0.4) is 0 Å². The second-order valence-electron chi connectivity index (χ2n) is 5.82. The van der Waals surface area contributed by atoms with Crippen LogP contribution in [0.1, 0.15) is 25.1 Å². The van der Waals surface area contributed by atoms with Crippen LogP contribution in [0, 0.1) is 29.6 Å². The lowest BCUT2D eigenvalue weighted by atomic mass is 9.99. The smallest absolute Gasteiger partial charge is 0.107 e. The second-order valence-corrected chi connectivity index (χ2v) is 6.38. The Morgan fingerprint density at radius 2 is 2.12 bits per heavy atom. The molecular weight excluding hydrogens is 220 g/mol. The molecule has 1 aromatic rings. The first-order valence-corrected chi connectivity index (χ1v) is 6.90. The second kappa shape index (κ2) is 3.25. The first kappa shape index (κ1) is 9.52. The average molecular weight is 237 g/mol. The third-order valence-corrected chi connectivity index (χ3v) is 5.60. The first-order valence-electron chi connectivity index (χ1n) is 6.47. The molecule has 1 aromatic heterocycles. The first-order chi connectivity index (χ1) is 7.84. The maximum Gasteiger partial charge on any atom is 0.107 e. The SMILES string of the molecule is ClC(Cc1ncc[nH]1)C1C2C3CCC(C3)C12. The van der Waals surface area contributed by atoms with Crippen molar-refractivity contribution in [2.45, 2.75) is 31.1 Å². The molecule has 1 N–H and O–H groups in total. The highest BCUT2D eigenvalue weighted by Gasteiger charge is 2.66. The summed E-state index contributed by atoms with van der Waals surface area (Å²) in [7, 11) is 0. The highest BCUT2D eigenvalue weighted by atomic mass is 35.5. The maximum absolute atomic E-state index is 6.57. The Morgan fingerprint density at radius 3 is 2.75 bits per heavy atom. The summed E-state index contributed by atoms with van der Waals surface area (Å²) in [6.07, 6.45) is 9.09. The number of nitrogens with zero attached hydrogens (tertiary/aromatic N) is 1. The number of fused-ring (bicyclic) bond motifs is 5. The van der Waals surface area contributed by atoms with E-state index in [0.717, 1.165) is 41.8 Å². The van der Waals surface area contributed by atoms with Crippen molar-refractivity contribution in [3.8, 4) is 0 Å². The highest BCUT2D eigenvalue weighted by Crippen LogP contribution is 2.71. The van der Waals surface area contributed by atoms with Gasteiger partial charge in [0.2, 0.25) is 0 Å². The molecule has 0 aromatic carbocycles. The van der Waals surface area contributed by atoms with Gasteiger partial charge in [0, 0.05) is 24.2 Å². The molecule has 3 fully saturated rings. The van der Waals surface area contributed by atoms with Gasteiger partial charge in [-0.25, -0.2) is 4.98 Å². The van der Waals surface area contributed by atoms with Crippen molar-refractivity contribution in [2.24, 2.45) is 29.6 Å². The molecule has 2 bridgehead atoms. The van der Waals surface area contributed by atoms with Crippen LogP contribution >= 0.6 is 11.6 Å². The van der Waals surface area contributed by atoms with Gasteiger partial charge in [-0.15, -0.1) is 11.6 Å². The van der Waals surface area contributed by atoms with Gasteiger partial charge in [0.25, 0.3) is 0 Å². The van der Waals surface area contributed by atoms with Gasteiger partial charge in [-0.3, -0.25) is 0 Å². The fraction of sp³-hybridized carbons (Fsp3) is 0.769. The van der Waals surface area contributed by atoms with E-state index in [4.69, 9.17) is 11.6 Å². The van der Waals surface area contributed by atoms with E-state index in [-0.39, 0.29) is 0 Å². The molecule has 86 valence electrons. The minimum absolute atomic E-state index is 0.310. The van der Waals surface area contributed by atoms with Crippen molar-refractivity contribution >= 4 is 11.6 Å². The predicted molar refractivity (Wildman–Crippen MR) is 63.2 cm³/mol. The topological polar surface area (TPSA) is 28.7 Å². The van der Waals surface area contributed by atoms with Crippen LogP contribution in [0.15, 0.2) is 12.4 Å². The summed E-state index contributed by atoms with van der Waals surface area (Å²) in [6, 6.07) is 0. The lowest BCUT2D eigenvalue weighted by Gasteiger charge is -2.13. The summed E-state index contributed by atoms with van der Waals surface area (Å²) in [6.45, 7) is 0. The number of imidazole rings is 1. The van der Waals surface area contributed by atoms with Crippen molar-refractivity contribution in [1.29, 1.82) is 0 Å². The van der Waals surface area contributed by atoms with E-state index in [0.29, 0.717) is 5.38 Å². The van der Waals surface area contributed by atoms with E-state index in [9.17, 15) is 0 Å². The summed E-state index contributed by atoms with van der Waals surface area (Å²) in [4.78, 5) is 7.43. The van der Waals surface area contributed by atoms with Crippen LogP contribution in [0.4, 0.5) is 0 Å². The molecule has 0 spiro atoms. The van der Waals surface area contributed by atoms with E-state index in [1.807, 2.05) is 12.4 Å². The Kier molecular flexibility index (Phi) is 1.94. The van der Waals surface area contributed by atoms with Crippen LogP contribution in [0.25, 0.3) is 0 Å². The Balaban J connectivity index is 1.45. The number of hydrogen-bond acceptors (Lipinski definition) is 1. The number of alkyl halides is 1. The van der Waals surface area contributed by atoms with Gasteiger partial charge in [-0.1, -0.05) is 0 Å². The van der Waals surface area contributed by atoms with Crippen LogP contribution in [-0.4, -0.2) is 15.3 Å². The Morgan fingerprint density at radius 1 is 1.38 bits per heavy atom. The Hall–Kier alpha value is -0.500. The van der Waals surface area contributed by atoms with Gasteiger partial charge >= 0.3 is 0 Å². The van der Waals surface area contributed by atoms with Crippen molar-refractivity contribution < 1.29 is 0 Å². The van der Waals surface area contributed by atoms with E-state index in [1.165, 1.54) is 19.3 Å². The number of aromatic amines is 1. The minimum Gasteiger partial charge on any atom is -0.349 e. The van der Waals surface area contributed by atoms with Crippen molar-refractivity contribution in [3.05, 3.63) is 18.2 Å². The molecule has 5 atom stereocenters. The van der Waals surface area contributed by atoms with Crippen LogP contribution in [-0.2, 0) is 6.42 Å². The van der Waals surface area contributed by atoms with E-state index >= 15 is 0 Å². The van der Waals surface area contributed by atoms with Gasteiger partial charge < -0.3 is 4.98 Å². The molecular formula is C13H17ClN2. The summed E-state index contributed by atoms with van der Waals surface area (Å²) in [5.41, 5.74) is 0. The van der Waals surface area contributed by atoms with Gasteiger partial charge in [-0.2, -0.15) is 0 Å². The molecule has 4 rings (SSSR count). The zero-order chi connectivity index (χ0) is 10.7. The zero-order valence-corrected chi connectivity index (χ0v) is 10.0. The van der Waals surface area contributed by atoms with Crippen molar-refractivity contribution in [1.82, 2.24) is 9.97 Å². The summed E-state index contributed by atoms with van der Waals surface area (Å²) >= 11 is 6.57. The van der Waals surface area contributed by atoms with E-state index < -0.39 is 0 Å². The molecule has 2 nitrogen and oxygen atoms in total. The highest BCUT2D eigenvalue weighted by molar-refractivity contribution is 6.21. The number of halogens is 1. The molecule has 3 aliphatic carbocycles. The molecule has 0 aliphatic heterocycles. The normalized spacial score (nSPS) is 45.7. The monoisotopic (exact) mass is 236 g/mol. The van der Waals surface area contributed by atoms with E-state index in [1.54, 1.807) is 0 Å². The van der Waals surface area contributed by atoms with Gasteiger partial charge in [0.1, 0.15) is 5.82 Å². The Labute approximate surface area is 101 Å². The molecule has 1 heterocycles. The standard InChI is InChI=1S/C13H17ClN2/c14-9(6-10-15-3-4-16-10)13-11-7-1-2-8(5-7)12(11)13/h3-4,7-9,11-13H,1-2,5-6H2,(H,15,16). The number of rotatable bonds is 3. The maximum atomic E-state index is 6.57. The summed E-state index contributed by atoms with van der Waals surface area (Å²) in [5.74, 6) is 5.87. The van der Waals surface area contributed by atoms with Gasteiger partial charge in [0.05, 0.1) is 0 Å². The average Bonchev–Trinajstić information content (AvgIpc) is 2.73. The zero-order valence-electron chi connectivity index (χ0n) is 9.27. The summed E-state index contributed by atoms with van der Waals surface area (Å²) < 4.78 is 0. The molecule has 3 aliphatic rings. The molecule has 0 radical (unpaired) electrons. The molecule has 3 heteroatoms. The molecule has 0 saturated heterocycles. The number of nitrogens with one attached hydrogen (secondary N) is 1. The summed E-state index contributed by atoms with van der Waals surface area (Å²) in [5, 5.41) is 0.310. The number of aromatic nitrogens is 2. The fourth-order valence-corrected chi connectivity index (χ4v) is 5.09. The van der Waals surface area contributed by atoms with E-state index in [2.05, 4.69) is 9.97 Å². The lowest BCUT2D eigenvalue weighted by molar-refractivity contribution is 0.448. The third-order valence-electron chi connectivity index (χ3n) is 5.16. The largest absolute Gasteiger partial charge is 0.349 e. The lowest BCUT2D eigenvalue weighted by Crippen LogP contribution is -2.13. The quantitative estimate of drug-likeness (QED) is 0.804. The molecule has 16 heavy (non-hydrogen) atoms. The van der Waals surface area contributed by atoms with Crippen molar-refractivity contribution in [2.75, 3.05) is 0 Å². The predicted octanol–water partition coefficient (Wildman–Crippen LogP) is 2.85. The Bertz CT molecular complexity index is 373. The third kappa shape index (κ3) is 1.22. The van der Waals surface area contributed by atoms with Gasteiger partial charge in [0.15, 0.2) is 0 Å². The van der Waals surface area contributed by atoms with Crippen molar-refractivity contribution in [3.63, 3.8) is 0 Å². The van der Waals surface area contributed by atoms with Crippen LogP contribution < -0.4 is 0 Å².